The Morgan fingerprint density at radius 1 is 1.47 bits per heavy atom. The lowest BCUT2D eigenvalue weighted by Gasteiger charge is -2.07. The van der Waals surface area contributed by atoms with Crippen molar-refractivity contribution in [1.82, 2.24) is 4.98 Å². The van der Waals surface area contributed by atoms with Crippen LogP contribution in [0.15, 0.2) is 12.3 Å². The maximum atomic E-state index is 12.4. The average molecular weight is 217 g/mol. The minimum atomic E-state index is -2.70. The van der Waals surface area contributed by atoms with Gasteiger partial charge in [0.2, 0.25) is 0 Å². The molecule has 1 aromatic rings. The number of aromatic nitrogens is 1. The molecule has 0 aliphatic carbocycles. The van der Waals surface area contributed by atoms with Gasteiger partial charge >= 0.3 is 5.97 Å². The van der Waals surface area contributed by atoms with Crippen molar-refractivity contribution in [1.29, 1.82) is 0 Å². The second-order valence-corrected chi connectivity index (χ2v) is 2.60. The molecule has 1 heterocycles. The summed E-state index contributed by atoms with van der Waals surface area (Å²) in [6.07, 6.45) is -1.80. The summed E-state index contributed by atoms with van der Waals surface area (Å²) in [6.45, 7) is 0. The monoisotopic (exact) mass is 217 g/mol. The van der Waals surface area contributed by atoms with Crippen molar-refractivity contribution in [2.75, 3.05) is 14.2 Å². The molecule has 0 N–H and O–H groups in total. The van der Waals surface area contributed by atoms with Gasteiger partial charge in [0, 0.05) is 12.3 Å². The molecule has 0 bridgehead atoms. The van der Waals surface area contributed by atoms with Crippen molar-refractivity contribution in [2.45, 2.75) is 6.43 Å². The Bertz CT molecular complexity index is 368. The summed E-state index contributed by atoms with van der Waals surface area (Å²) in [7, 11) is 2.42. The Balaban J connectivity index is 3.13. The molecule has 0 unspecified atom stereocenters. The van der Waals surface area contributed by atoms with Crippen LogP contribution in [0.3, 0.4) is 0 Å². The molecule has 0 atom stereocenters. The predicted octanol–water partition coefficient (Wildman–Crippen LogP) is 1.81. The molecule has 0 saturated carbocycles. The number of hydrogen-bond donors (Lipinski definition) is 0. The van der Waals surface area contributed by atoms with Gasteiger partial charge in [-0.15, -0.1) is 0 Å². The number of carbonyl (C=O) groups excluding carboxylic acids is 1. The number of hydrogen-bond acceptors (Lipinski definition) is 4. The van der Waals surface area contributed by atoms with Crippen LogP contribution in [-0.4, -0.2) is 25.2 Å². The Morgan fingerprint density at radius 3 is 2.60 bits per heavy atom. The molecule has 0 aromatic carbocycles. The predicted molar refractivity (Wildman–Crippen MR) is 47.1 cm³/mol. The van der Waals surface area contributed by atoms with Crippen molar-refractivity contribution < 1.29 is 23.0 Å². The summed E-state index contributed by atoms with van der Waals surface area (Å²) in [6, 6.07) is 1.12. The number of halogens is 2. The van der Waals surface area contributed by atoms with E-state index in [0.717, 1.165) is 12.3 Å². The van der Waals surface area contributed by atoms with E-state index in [2.05, 4.69) is 9.72 Å². The molecule has 0 amide bonds. The van der Waals surface area contributed by atoms with Crippen LogP contribution in [0.2, 0.25) is 0 Å². The topological polar surface area (TPSA) is 48.4 Å². The van der Waals surface area contributed by atoms with Gasteiger partial charge in [-0.3, -0.25) is 0 Å². The quantitative estimate of drug-likeness (QED) is 0.724. The Kier molecular flexibility index (Phi) is 3.54. The lowest BCUT2D eigenvalue weighted by Crippen LogP contribution is -2.06. The van der Waals surface area contributed by atoms with Gasteiger partial charge in [-0.1, -0.05) is 0 Å². The molecule has 82 valence electrons. The highest BCUT2D eigenvalue weighted by Crippen LogP contribution is 2.28. The van der Waals surface area contributed by atoms with Crippen LogP contribution < -0.4 is 4.74 Å². The number of rotatable bonds is 3. The summed E-state index contributed by atoms with van der Waals surface area (Å²) in [4.78, 5) is 14.6. The number of methoxy groups -OCH3 is 2. The summed E-state index contributed by atoms with van der Waals surface area (Å²) in [5.74, 6) is -0.783. The van der Waals surface area contributed by atoms with Crippen molar-refractivity contribution in [3.63, 3.8) is 0 Å². The van der Waals surface area contributed by atoms with E-state index in [0.29, 0.717) is 0 Å². The number of alkyl halides is 2. The average Bonchev–Trinajstić information content (AvgIpc) is 2.26. The van der Waals surface area contributed by atoms with Gasteiger partial charge in [-0.2, -0.15) is 0 Å². The molecule has 0 aliphatic heterocycles. The number of pyridine rings is 1. The van der Waals surface area contributed by atoms with E-state index >= 15 is 0 Å². The Labute approximate surface area is 84.8 Å². The van der Waals surface area contributed by atoms with E-state index in [1.807, 2.05) is 0 Å². The Hall–Kier alpha value is -1.72. The third-order valence-electron chi connectivity index (χ3n) is 1.74. The van der Waals surface area contributed by atoms with Crippen molar-refractivity contribution >= 4 is 5.97 Å². The highest BCUT2D eigenvalue weighted by atomic mass is 19.3. The highest BCUT2D eigenvalue weighted by Gasteiger charge is 2.17. The fourth-order valence-corrected chi connectivity index (χ4v) is 1.00. The molecule has 1 aromatic heterocycles. The maximum absolute atomic E-state index is 12.4. The third-order valence-corrected chi connectivity index (χ3v) is 1.74. The number of ether oxygens (including phenoxy) is 2. The van der Waals surface area contributed by atoms with Gasteiger partial charge in [0.1, 0.15) is 5.75 Å². The molecule has 1 rings (SSSR count). The first-order chi connectivity index (χ1) is 7.10. The van der Waals surface area contributed by atoms with Gasteiger partial charge < -0.3 is 9.47 Å². The molecular formula is C9H9F2NO3. The smallest absolute Gasteiger partial charge is 0.356 e. The zero-order valence-corrected chi connectivity index (χ0v) is 8.16. The lowest BCUT2D eigenvalue weighted by atomic mass is 10.2. The van der Waals surface area contributed by atoms with Crippen LogP contribution in [0.4, 0.5) is 8.78 Å². The van der Waals surface area contributed by atoms with Gasteiger partial charge in [-0.05, 0) is 0 Å². The molecule has 0 spiro atoms. The Morgan fingerprint density at radius 2 is 2.13 bits per heavy atom. The van der Waals surface area contributed by atoms with Crippen LogP contribution in [0.5, 0.6) is 5.75 Å². The van der Waals surface area contributed by atoms with E-state index in [-0.39, 0.29) is 17.0 Å². The van der Waals surface area contributed by atoms with E-state index in [9.17, 15) is 13.6 Å². The molecule has 15 heavy (non-hydrogen) atoms. The zero-order chi connectivity index (χ0) is 11.4. The van der Waals surface area contributed by atoms with E-state index < -0.39 is 12.4 Å². The molecule has 0 fully saturated rings. The number of esters is 1. The summed E-state index contributed by atoms with van der Waals surface area (Å²) >= 11 is 0. The largest absolute Gasteiger partial charge is 0.496 e. The zero-order valence-electron chi connectivity index (χ0n) is 8.16. The van der Waals surface area contributed by atoms with Crippen LogP contribution >= 0.6 is 0 Å². The standard InChI is InChI=1S/C9H9F2NO3/c1-14-7-3-6(9(13)15-2)12-4-5(7)8(10)11/h3-4,8H,1-2H3. The van der Waals surface area contributed by atoms with Gasteiger partial charge in [0.15, 0.2) is 5.69 Å². The van der Waals surface area contributed by atoms with Crippen LogP contribution in [0, 0.1) is 0 Å². The summed E-state index contributed by atoms with van der Waals surface area (Å²) < 4.78 is 33.9. The summed E-state index contributed by atoms with van der Waals surface area (Å²) in [5, 5.41) is 0. The van der Waals surface area contributed by atoms with Crippen molar-refractivity contribution in [3.8, 4) is 5.75 Å². The number of nitrogens with zero attached hydrogens (tertiary/aromatic N) is 1. The molecule has 4 nitrogen and oxygen atoms in total. The lowest BCUT2D eigenvalue weighted by molar-refractivity contribution is 0.0592. The van der Waals surface area contributed by atoms with E-state index in [1.54, 1.807) is 0 Å². The van der Waals surface area contributed by atoms with Crippen molar-refractivity contribution in [3.05, 3.63) is 23.5 Å². The normalized spacial score (nSPS) is 10.2. The van der Waals surface area contributed by atoms with Gasteiger partial charge in [0.25, 0.3) is 6.43 Å². The maximum Gasteiger partial charge on any atom is 0.356 e. The van der Waals surface area contributed by atoms with Crippen molar-refractivity contribution in [2.24, 2.45) is 0 Å². The molecule has 6 heteroatoms. The van der Waals surface area contributed by atoms with Crippen LogP contribution in [0.25, 0.3) is 0 Å². The number of carbonyl (C=O) groups is 1. The highest BCUT2D eigenvalue weighted by molar-refractivity contribution is 5.87. The van der Waals surface area contributed by atoms with Gasteiger partial charge in [-0.25, -0.2) is 18.6 Å². The molecule has 0 radical (unpaired) electrons. The molecule has 0 saturated heterocycles. The fourth-order valence-electron chi connectivity index (χ4n) is 1.00. The van der Waals surface area contributed by atoms with E-state index in [4.69, 9.17) is 4.74 Å². The van der Waals surface area contributed by atoms with Crippen LogP contribution in [-0.2, 0) is 4.74 Å². The minimum absolute atomic E-state index is 0.0706. The third kappa shape index (κ3) is 2.39. The fraction of sp³-hybridized carbons (Fsp3) is 0.333. The SMILES string of the molecule is COC(=O)c1cc(OC)c(C(F)F)cn1. The second-order valence-electron chi connectivity index (χ2n) is 2.60. The molecule has 0 aliphatic rings. The van der Waals surface area contributed by atoms with Crippen LogP contribution in [0.1, 0.15) is 22.5 Å². The molecular weight excluding hydrogens is 208 g/mol. The van der Waals surface area contributed by atoms with E-state index in [1.165, 1.54) is 14.2 Å². The first-order valence-corrected chi connectivity index (χ1v) is 4.00. The first kappa shape index (κ1) is 11.4. The summed E-state index contributed by atoms with van der Waals surface area (Å²) in [5.41, 5.74) is -0.427. The minimum Gasteiger partial charge on any atom is -0.496 e. The first-order valence-electron chi connectivity index (χ1n) is 4.00. The second kappa shape index (κ2) is 4.68. The van der Waals surface area contributed by atoms with Gasteiger partial charge in [0.05, 0.1) is 19.8 Å².